The fourth-order valence-electron chi connectivity index (χ4n) is 3.24. The van der Waals surface area contributed by atoms with Crippen LogP contribution in [0.2, 0.25) is 5.02 Å². The van der Waals surface area contributed by atoms with Gasteiger partial charge >= 0.3 is 0 Å². The van der Waals surface area contributed by atoms with E-state index in [0.29, 0.717) is 28.9 Å². The number of carbonyl (C=O) groups is 1. The summed E-state index contributed by atoms with van der Waals surface area (Å²) in [6, 6.07) is 15.5. The number of hydrogen-bond acceptors (Lipinski definition) is 3. The van der Waals surface area contributed by atoms with Crippen LogP contribution >= 0.6 is 11.6 Å². The van der Waals surface area contributed by atoms with Crippen LogP contribution in [0.1, 0.15) is 24.8 Å². The summed E-state index contributed by atoms with van der Waals surface area (Å²) in [7, 11) is 1.58. The molecule has 0 bridgehead atoms. The number of hydrogen-bond donors (Lipinski definition) is 1. The number of carbonyl (C=O) groups excluding carboxylic acids is 1. The average molecular weight is 373 g/mol. The molecule has 2 aromatic rings. The molecule has 0 saturated heterocycles. The molecular weight excluding hydrogens is 348 g/mol. The number of ether oxygens (including phenoxy) is 1. The molecule has 2 aromatic carbocycles. The van der Waals surface area contributed by atoms with Gasteiger partial charge in [-0.15, -0.1) is 0 Å². The van der Waals surface area contributed by atoms with Gasteiger partial charge in [0.05, 0.1) is 19.3 Å². The molecule has 26 heavy (non-hydrogen) atoms. The Morgan fingerprint density at radius 2 is 2.00 bits per heavy atom. The largest absolute Gasteiger partial charge is 0.495 e. The average Bonchev–Trinajstić information content (AvgIpc) is 2.59. The lowest BCUT2D eigenvalue weighted by Gasteiger charge is -2.32. The molecule has 0 unspecified atom stereocenters. The van der Waals surface area contributed by atoms with E-state index < -0.39 is 0 Å². The standard InChI is InChI=1S/C21H25ClN2O2/c1-26-20-11-10-18(22)12-19(20)23-21(25)15-24(14-17-8-5-9-17)13-16-6-3-2-4-7-16/h2-4,6-7,10-12,17H,5,8-9,13-15H2,1H3,(H,23,25). The van der Waals surface area contributed by atoms with Gasteiger partial charge in [-0.05, 0) is 42.5 Å². The Hall–Kier alpha value is -2.04. The second kappa shape index (κ2) is 9.06. The van der Waals surface area contributed by atoms with Crippen molar-refractivity contribution in [3.8, 4) is 5.75 Å². The molecule has 1 N–H and O–H groups in total. The molecule has 0 aliphatic heterocycles. The van der Waals surface area contributed by atoms with Gasteiger partial charge in [0.25, 0.3) is 0 Å². The molecule has 0 spiro atoms. The minimum absolute atomic E-state index is 0.0548. The lowest BCUT2D eigenvalue weighted by Crippen LogP contribution is -2.38. The van der Waals surface area contributed by atoms with Crippen molar-refractivity contribution in [2.75, 3.05) is 25.5 Å². The maximum atomic E-state index is 12.6. The van der Waals surface area contributed by atoms with Crippen LogP contribution in [0.3, 0.4) is 0 Å². The molecular formula is C21H25ClN2O2. The number of nitrogens with zero attached hydrogens (tertiary/aromatic N) is 1. The highest BCUT2D eigenvalue weighted by molar-refractivity contribution is 6.31. The third kappa shape index (κ3) is 5.23. The van der Waals surface area contributed by atoms with Crippen molar-refractivity contribution < 1.29 is 9.53 Å². The predicted octanol–water partition coefficient (Wildman–Crippen LogP) is 4.59. The second-order valence-corrected chi connectivity index (χ2v) is 7.28. The minimum atomic E-state index is -0.0548. The Balaban J connectivity index is 1.65. The molecule has 0 atom stereocenters. The normalized spacial score (nSPS) is 14.1. The first-order valence-corrected chi connectivity index (χ1v) is 9.41. The van der Waals surface area contributed by atoms with Crippen LogP contribution in [-0.4, -0.2) is 31.0 Å². The number of anilines is 1. The van der Waals surface area contributed by atoms with E-state index >= 15 is 0 Å². The van der Waals surface area contributed by atoms with Crippen molar-refractivity contribution >= 4 is 23.2 Å². The first kappa shape index (κ1) is 18.7. The Kier molecular flexibility index (Phi) is 6.53. The summed E-state index contributed by atoms with van der Waals surface area (Å²) in [5, 5.41) is 3.50. The van der Waals surface area contributed by atoms with Gasteiger partial charge in [-0.25, -0.2) is 0 Å². The minimum Gasteiger partial charge on any atom is -0.495 e. The Morgan fingerprint density at radius 1 is 1.23 bits per heavy atom. The Bertz CT molecular complexity index is 732. The first-order valence-electron chi connectivity index (χ1n) is 9.03. The van der Waals surface area contributed by atoms with Gasteiger partial charge in [-0.3, -0.25) is 9.69 Å². The Labute approximate surface area is 160 Å². The van der Waals surface area contributed by atoms with Crippen molar-refractivity contribution in [1.29, 1.82) is 0 Å². The van der Waals surface area contributed by atoms with E-state index in [1.165, 1.54) is 24.8 Å². The van der Waals surface area contributed by atoms with Crippen molar-refractivity contribution in [1.82, 2.24) is 4.90 Å². The molecule has 0 radical (unpaired) electrons. The first-order chi connectivity index (χ1) is 12.6. The van der Waals surface area contributed by atoms with E-state index in [4.69, 9.17) is 16.3 Å². The van der Waals surface area contributed by atoms with E-state index in [2.05, 4.69) is 22.3 Å². The smallest absolute Gasteiger partial charge is 0.238 e. The van der Waals surface area contributed by atoms with Crippen LogP contribution in [0.15, 0.2) is 48.5 Å². The second-order valence-electron chi connectivity index (χ2n) is 6.84. The van der Waals surface area contributed by atoms with Crippen molar-refractivity contribution in [3.63, 3.8) is 0 Å². The zero-order valence-electron chi connectivity index (χ0n) is 15.1. The van der Waals surface area contributed by atoms with E-state index in [1.54, 1.807) is 25.3 Å². The van der Waals surface area contributed by atoms with E-state index in [-0.39, 0.29) is 5.91 Å². The molecule has 1 fully saturated rings. The fourth-order valence-corrected chi connectivity index (χ4v) is 3.41. The quantitative estimate of drug-likeness (QED) is 0.736. The van der Waals surface area contributed by atoms with Gasteiger partial charge in [0.2, 0.25) is 5.91 Å². The molecule has 0 heterocycles. The van der Waals surface area contributed by atoms with Crippen LogP contribution in [0.25, 0.3) is 0 Å². The number of halogens is 1. The van der Waals surface area contributed by atoms with E-state index in [1.807, 2.05) is 18.2 Å². The van der Waals surface area contributed by atoms with Crippen molar-refractivity contribution in [2.45, 2.75) is 25.8 Å². The maximum Gasteiger partial charge on any atom is 0.238 e. The number of amides is 1. The van der Waals surface area contributed by atoms with Gasteiger partial charge < -0.3 is 10.1 Å². The summed E-state index contributed by atoms with van der Waals surface area (Å²) in [6.45, 7) is 2.08. The highest BCUT2D eigenvalue weighted by atomic mass is 35.5. The third-order valence-electron chi connectivity index (χ3n) is 4.79. The summed E-state index contributed by atoms with van der Waals surface area (Å²) in [5.41, 5.74) is 1.83. The molecule has 1 aliphatic carbocycles. The lowest BCUT2D eigenvalue weighted by molar-refractivity contribution is -0.117. The summed E-state index contributed by atoms with van der Waals surface area (Å²) in [6.07, 6.45) is 3.82. The zero-order valence-corrected chi connectivity index (χ0v) is 15.8. The summed E-state index contributed by atoms with van der Waals surface area (Å²) in [4.78, 5) is 14.9. The van der Waals surface area contributed by atoms with Gasteiger partial charge in [0.15, 0.2) is 0 Å². The van der Waals surface area contributed by atoms with Crippen LogP contribution in [0, 0.1) is 5.92 Å². The number of nitrogens with one attached hydrogen (secondary N) is 1. The highest BCUT2D eigenvalue weighted by Gasteiger charge is 2.22. The predicted molar refractivity (Wildman–Crippen MR) is 106 cm³/mol. The SMILES string of the molecule is COc1ccc(Cl)cc1NC(=O)CN(Cc1ccccc1)CC1CCC1. The topological polar surface area (TPSA) is 41.6 Å². The van der Waals surface area contributed by atoms with Crippen LogP contribution in [0.5, 0.6) is 5.75 Å². The molecule has 138 valence electrons. The van der Waals surface area contributed by atoms with Gasteiger partial charge in [-0.1, -0.05) is 48.4 Å². The molecule has 0 aromatic heterocycles. The summed E-state index contributed by atoms with van der Waals surface area (Å²) < 4.78 is 5.31. The maximum absolute atomic E-state index is 12.6. The number of rotatable bonds is 8. The van der Waals surface area contributed by atoms with Crippen molar-refractivity contribution in [3.05, 3.63) is 59.1 Å². The fraction of sp³-hybridized carbons (Fsp3) is 0.381. The van der Waals surface area contributed by atoms with Crippen LogP contribution < -0.4 is 10.1 Å². The van der Waals surface area contributed by atoms with Gasteiger partial charge in [-0.2, -0.15) is 0 Å². The summed E-state index contributed by atoms with van der Waals surface area (Å²) in [5.74, 6) is 1.25. The van der Waals surface area contributed by atoms with Crippen molar-refractivity contribution in [2.24, 2.45) is 5.92 Å². The third-order valence-corrected chi connectivity index (χ3v) is 5.03. The molecule has 3 rings (SSSR count). The molecule has 5 heteroatoms. The molecule has 1 aliphatic rings. The zero-order chi connectivity index (χ0) is 18.4. The lowest BCUT2D eigenvalue weighted by atomic mass is 9.85. The van der Waals surface area contributed by atoms with E-state index in [0.717, 1.165) is 13.1 Å². The van der Waals surface area contributed by atoms with Crippen LogP contribution in [-0.2, 0) is 11.3 Å². The molecule has 4 nitrogen and oxygen atoms in total. The highest BCUT2D eigenvalue weighted by Crippen LogP contribution is 2.29. The van der Waals surface area contributed by atoms with E-state index in [9.17, 15) is 4.79 Å². The van der Waals surface area contributed by atoms with Crippen LogP contribution in [0.4, 0.5) is 5.69 Å². The number of methoxy groups -OCH3 is 1. The van der Waals surface area contributed by atoms with Gasteiger partial charge in [0.1, 0.15) is 5.75 Å². The Morgan fingerprint density at radius 3 is 2.65 bits per heavy atom. The summed E-state index contributed by atoms with van der Waals surface area (Å²) >= 11 is 6.05. The monoisotopic (exact) mass is 372 g/mol. The van der Waals surface area contributed by atoms with Gasteiger partial charge in [0, 0.05) is 18.1 Å². The molecule has 1 amide bonds. The molecule has 1 saturated carbocycles. The number of benzene rings is 2.